The summed E-state index contributed by atoms with van der Waals surface area (Å²) in [5, 5.41) is 5.58. The zero-order valence-electron chi connectivity index (χ0n) is 27.9. The van der Waals surface area contributed by atoms with Gasteiger partial charge >= 0.3 is 12.2 Å². The van der Waals surface area contributed by atoms with E-state index in [1.54, 1.807) is 0 Å². The van der Waals surface area contributed by atoms with Crippen LogP contribution in [0.4, 0.5) is 9.59 Å². The molecule has 4 rings (SSSR count). The normalized spacial score (nSPS) is 16.8. The van der Waals surface area contributed by atoms with E-state index >= 15 is 0 Å². The molecule has 248 valence electrons. The van der Waals surface area contributed by atoms with Crippen molar-refractivity contribution >= 4 is 38.4 Å². The van der Waals surface area contributed by atoms with Crippen molar-refractivity contribution in [1.82, 2.24) is 15.2 Å². The van der Waals surface area contributed by atoms with E-state index in [4.69, 9.17) is 9.47 Å². The lowest BCUT2D eigenvalue weighted by Gasteiger charge is -2.58. The Morgan fingerprint density at radius 2 is 1.43 bits per heavy atom. The van der Waals surface area contributed by atoms with E-state index in [9.17, 15) is 14.4 Å². The maximum atomic E-state index is 13.6. The Balaban J connectivity index is 1.39. The van der Waals surface area contributed by atoms with Crippen LogP contribution in [0, 0.1) is 5.92 Å². The maximum Gasteiger partial charge on any atom is 0.437 e. The van der Waals surface area contributed by atoms with Crippen LogP contribution < -0.4 is 10.6 Å². The second kappa shape index (κ2) is 16.2. The molecule has 0 bridgehead atoms. The monoisotopic (exact) mass is 654 g/mol. The number of ether oxygens (including phenoxy) is 2. The van der Waals surface area contributed by atoms with Gasteiger partial charge in [-0.2, -0.15) is 0 Å². The quantitative estimate of drug-likeness (QED) is 0.0728. The minimum Gasteiger partial charge on any atom is -0.444 e. The average Bonchev–Trinajstić information content (AvgIpc) is 3.05. The van der Waals surface area contributed by atoms with E-state index in [1.807, 2.05) is 78.9 Å². The minimum atomic E-state index is -2.11. The molecular weight excluding hydrogens is 609 g/mol. The van der Waals surface area contributed by atoms with E-state index < -0.39 is 20.4 Å². The van der Waals surface area contributed by atoms with Crippen molar-refractivity contribution in [3.8, 4) is 0 Å². The molecule has 47 heavy (non-hydrogen) atoms. The molecule has 1 heterocycles. The topological polar surface area (TPSA) is 109 Å². The predicted molar refractivity (Wildman–Crippen MR) is 188 cm³/mol. The number of hydrogen-bond acceptors (Lipinski definition) is 5. The van der Waals surface area contributed by atoms with E-state index in [0.29, 0.717) is 19.4 Å². The molecule has 1 saturated heterocycles. The van der Waals surface area contributed by atoms with Crippen molar-refractivity contribution in [2.24, 2.45) is 10.9 Å². The summed E-state index contributed by atoms with van der Waals surface area (Å²) in [6, 6.07) is 28.6. The Morgan fingerprint density at radius 3 is 2.00 bits per heavy atom. The Labute approximate surface area is 279 Å². The molecule has 10 heteroatoms. The Hall–Kier alpha value is -4.70. The number of alkyl carbamates (subject to hydrolysis) is 1. The molecule has 0 saturated carbocycles. The van der Waals surface area contributed by atoms with Crippen molar-refractivity contribution in [2.45, 2.75) is 71.0 Å². The lowest BCUT2D eigenvalue weighted by Crippen LogP contribution is -2.72. The minimum absolute atomic E-state index is 0.00390. The molecule has 3 aromatic carbocycles. The highest BCUT2D eigenvalue weighted by atomic mass is 28.3. The molecular formula is C37H46N4O5Si. The molecule has 0 radical (unpaired) electrons. The number of benzene rings is 3. The number of nitrogens with zero attached hydrogens (tertiary/aromatic N) is 2. The molecule has 3 aromatic rings. The van der Waals surface area contributed by atoms with Crippen molar-refractivity contribution < 1.29 is 23.9 Å². The van der Waals surface area contributed by atoms with Gasteiger partial charge in [-0.1, -0.05) is 137 Å². The highest BCUT2D eigenvalue weighted by Crippen LogP contribution is 2.46. The van der Waals surface area contributed by atoms with Crippen LogP contribution in [0.2, 0.25) is 18.1 Å². The third kappa shape index (κ3) is 9.89. The molecule has 0 aromatic heterocycles. The Morgan fingerprint density at radius 1 is 0.872 bits per heavy atom. The number of carbonyl (C=O) groups is 3. The molecule has 0 spiro atoms. The van der Waals surface area contributed by atoms with Crippen molar-refractivity contribution in [2.75, 3.05) is 6.54 Å². The number of hydrogen-bond donors (Lipinski definition) is 2. The van der Waals surface area contributed by atoms with Gasteiger partial charge in [0.25, 0.3) is 0 Å². The van der Waals surface area contributed by atoms with Crippen molar-refractivity contribution in [1.29, 1.82) is 0 Å². The molecule has 3 amide bonds. The number of nitrogens with one attached hydrogen (secondary N) is 2. The Kier molecular flexibility index (Phi) is 12.1. The number of rotatable bonds is 11. The molecule has 0 unspecified atom stereocenters. The summed E-state index contributed by atoms with van der Waals surface area (Å²) in [7, 11) is -2.11. The second-order valence-corrected chi connectivity index (χ2v) is 18.2. The summed E-state index contributed by atoms with van der Waals surface area (Å²) in [5.74, 6) is -0.0595. The van der Waals surface area contributed by atoms with Gasteiger partial charge in [0.05, 0.1) is 12.0 Å². The Bertz CT molecular complexity index is 1540. The predicted octanol–water partition coefficient (Wildman–Crippen LogP) is 7.52. The lowest BCUT2D eigenvalue weighted by atomic mass is 9.85. The molecule has 2 atom stereocenters. The number of amides is 3. The first-order valence-corrected chi connectivity index (χ1v) is 19.0. The SMILES string of the molecule is CC(C)(C)[Si](C)(C)N1C(=O)[C@H](CCCNC(=NC(=O)OCc2ccccc2)NC(=O)OCc2ccccc2)[C@@H]1C=Cc1ccccc1. The van der Waals surface area contributed by atoms with E-state index in [0.717, 1.165) is 16.7 Å². The number of β-lactam (4-membered cyclic amide) rings is 1. The largest absolute Gasteiger partial charge is 0.444 e. The van der Waals surface area contributed by atoms with Crippen LogP contribution in [0.15, 0.2) is 102 Å². The third-order valence-corrected chi connectivity index (χ3v) is 14.2. The number of carbonyl (C=O) groups excluding carboxylic acids is 3. The van der Waals surface area contributed by atoms with Gasteiger partial charge in [-0.25, -0.2) is 9.59 Å². The standard InChI is InChI=1S/C37H46N4O5Si/c1-37(2,3)47(4,5)41-32(24-23-28-16-9-6-10-17-28)31(33(41)42)22-15-25-38-34(39-35(43)45-26-29-18-11-7-12-19-29)40-36(44)46-27-30-20-13-8-14-21-30/h6-14,16-21,23-24,31-32H,15,22,25-27H2,1-5H3,(H2,38,39,40,43,44)/t31-,32+/m1/s1. The first-order valence-electron chi connectivity index (χ1n) is 16.0. The van der Waals surface area contributed by atoms with Gasteiger partial charge in [-0.3, -0.25) is 10.1 Å². The first-order chi connectivity index (χ1) is 22.5. The van der Waals surface area contributed by atoms with E-state index in [-0.39, 0.29) is 42.1 Å². The molecule has 9 nitrogen and oxygen atoms in total. The summed E-state index contributed by atoms with van der Waals surface area (Å²) in [5.41, 5.74) is 2.73. The third-order valence-electron chi connectivity index (χ3n) is 8.81. The molecule has 0 aliphatic carbocycles. The van der Waals surface area contributed by atoms with E-state index in [1.165, 1.54) is 0 Å². The van der Waals surface area contributed by atoms with Gasteiger partial charge in [0.2, 0.25) is 11.9 Å². The van der Waals surface area contributed by atoms with Crippen LogP contribution in [0.3, 0.4) is 0 Å². The summed E-state index contributed by atoms with van der Waals surface area (Å²) in [4.78, 5) is 42.8. The second-order valence-electron chi connectivity index (χ2n) is 13.1. The highest BCUT2D eigenvalue weighted by Gasteiger charge is 2.55. The summed E-state index contributed by atoms with van der Waals surface area (Å²) < 4.78 is 12.8. The number of guanidine groups is 1. The van der Waals surface area contributed by atoms with Crippen LogP contribution in [0.5, 0.6) is 0 Å². The lowest BCUT2D eigenvalue weighted by molar-refractivity contribution is -0.145. The van der Waals surface area contributed by atoms with Gasteiger partial charge in [-0.05, 0) is 34.6 Å². The molecule has 1 aliphatic rings. The molecule has 2 N–H and O–H groups in total. The van der Waals surface area contributed by atoms with Crippen molar-refractivity contribution in [3.05, 3.63) is 114 Å². The first kappa shape index (κ1) is 35.2. The highest BCUT2D eigenvalue weighted by molar-refractivity contribution is 6.80. The fourth-order valence-corrected chi connectivity index (χ4v) is 7.66. The van der Waals surface area contributed by atoms with Gasteiger partial charge in [0.15, 0.2) is 8.24 Å². The van der Waals surface area contributed by atoms with Crippen LogP contribution in [-0.2, 0) is 27.5 Å². The fraction of sp³-hybridized carbons (Fsp3) is 0.351. The maximum absolute atomic E-state index is 13.6. The smallest absolute Gasteiger partial charge is 0.437 e. The van der Waals surface area contributed by atoms with Crippen LogP contribution in [0.25, 0.3) is 6.08 Å². The zero-order chi connectivity index (χ0) is 33.9. The number of aliphatic imine (C=N–C) groups is 1. The fourth-order valence-electron chi connectivity index (χ4n) is 5.21. The van der Waals surface area contributed by atoms with Gasteiger partial charge in [0.1, 0.15) is 13.2 Å². The summed E-state index contributed by atoms with van der Waals surface area (Å²) >= 11 is 0. The summed E-state index contributed by atoms with van der Waals surface area (Å²) in [6.45, 7) is 11.6. The van der Waals surface area contributed by atoms with Crippen LogP contribution in [0.1, 0.15) is 50.3 Å². The average molecular weight is 655 g/mol. The van der Waals surface area contributed by atoms with E-state index in [2.05, 4.69) is 78.3 Å². The molecule has 1 fully saturated rings. The zero-order valence-corrected chi connectivity index (χ0v) is 28.9. The molecule has 1 aliphatic heterocycles. The van der Waals surface area contributed by atoms with Gasteiger partial charge in [0, 0.05) is 6.54 Å². The van der Waals surface area contributed by atoms with Crippen LogP contribution >= 0.6 is 0 Å². The van der Waals surface area contributed by atoms with Crippen molar-refractivity contribution in [3.63, 3.8) is 0 Å². The van der Waals surface area contributed by atoms with Gasteiger partial charge < -0.3 is 19.4 Å². The van der Waals surface area contributed by atoms with Crippen LogP contribution in [-0.4, -0.2) is 49.4 Å². The summed E-state index contributed by atoms with van der Waals surface area (Å²) in [6.07, 6.45) is 3.88. The van der Waals surface area contributed by atoms with Gasteiger partial charge in [-0.15, -0.1) is 4.99 Å².